The maximum absolute atomic E-state index is 13.9. The highest BCUT2D eigenvalue weighted by atomic mass is 35.5. The van der Waals surface area contributed by atoms with Crippen LogP contribution in [0.5, 0.6) is 0 Å². The smallest absolute Gasteiger partial charge is 0.270 e. The second-order valence-corrected chi connectivity index (χ2v) is 8.16. The van der Waals surface area contributed by atoms with Crippen LogP contribution in [0.4, 0.5) is 15.9 Å². The Kier molecular flexibility index (Phi) is 7.14. The fourth-order valence-corrected chi connectivity index (χ4v) is 3.98. The Hall–Kier alpha value is -3.11. The average Bonchev–Trinajstić information content (AvgIpc) is 3.27. The molecule has 3 heterocycles. The van der Waals surface area contributed by atoms with E-state index >= 15 is 0 Å². The van der Waals surface area contributed by atoms with Crippen LogP contribution in [0.15, 0.2) is 53.6 Å². The third kappa shape index (κ3) is 4.96. The lowest BCUT2D eigenvalue weighted by Crippen LogP contribution is -2.77. The van der Waals surface area contributed by atoms with Gasteiger partial charge in [-0.1, -0.05) is 29.8 Å². The van der Waals surface area contributed by atoms with Crippen molar-refractivity contribution in [1.29, 1.82) is 5.41 Å². The monoisotopic (exact) mass is 472 g/mol. The molecule has 4 rings (SSSR count). The standard InChI is InChI=1S/C23H23ClFN5O3/c24-17-10-28-22(29-20-13-33-12-15(20)11-31)7-21(17)30-6-5-19(16(8-26)23(30)32)27-9-14-3-1-2-4-18(14)25/h1-8,10,15,20,26-27,31H,9,11-13H2,(H,28,29)/p+1/t15?,20-/m0/s1. The van der Waals surface area contributed by atoms with Gasteiger partial charge in [0.05, 0.1) is 42.8 Å². The predicted molar refractivity (Wildman–Crippen MR) is 123 cm³/mol. The number of hydrogen-bond acceptors (Lipinski definition) is 6. The van der Waals surface area contributed by atoms with Gasteiger partial charge in [0.15, 0.2) is 0 Å². The lowest BCUT2D eigenvalue weighted by Gasteiger charge is -2.18. The van der Waals surface area contributed by atoms with Crippen molar-refractivity contribution in [3.05, 3.63) is 81.1 Å². The van der Waals surface area contributed by atoms with E-state index in [1.54, 1.807) is 41.8 Å². The van der Waals surface area contributed by atoms with E-state index in [1.807, 2.05) is 0 Å². The minimum atomic E-state index is -0.427. The highest BCUT2D eigenvalue weighted by molar-refractivity contribution is 6.32. The van der Waals surface area contributed by atoms with E-state index in [0.29, 0.717) is 36.0 Å². The summed E-state index contributed by atoms with van der Waals surface area (Å²) in [5, 5.41) is 22.5. The number of nitrogens with two attached hydrogens (primary N) is 1. The highest BCUT2D eigenvalue weighted by Crippen LogP contribution is 2.24. The van der Waals surface area contributed by atoms with E-state index in [-0.39, 0.29) is 41.5 Å². The Morgan fingerprint density at radius 1 is 1.36 bits per heavy atom. The normalized spacial score (nSPS) is 17.8. The van der Waals surface area contributed by atoms with Crippen molar-refractivity contribution in [2.75, 3.05) is 25.1 Å². The van der Waals surface area contributed by atoms with Gasteiger partial charge in [-0.25, -0.2) is 9.37 Å². The van der Waals surface area contributed by atoms with E-state index in [1.165, 1.54) is 16.8 Å². The van der Waals surface area contributed by atoms with Crippen molar-refractivity contribution in [2.45, 2.75) is 12.6 Å². The average molecular weight is 473 g/mol. The third-order valence-corrected chi connectivity index (χ3v) is 5.96. The molecular formula is C23H24ClFN5O3+. The van der Waals surface area contributed by atoms with Crippen molar-refractivity contribution in [1.82, 2.24) is 9.55 Å². The van der Waals surface area contributed by atoms with Crippen LogP contribution in [-0.4, -0.2) is 46.7 Å². The second kappa shape index (κ2) is 10.2. The molecule has 1 unspecified atom stereocenters. The largest absolute Gasteiger partial charge is 0.396 e. The van der Waals surface area contributed by atoms with Gasteiger partial charge < -0.3 is 25.9 Å². The van der Waals surface area contributed by atoms with E-state index in [2.05, 4.69) is 10.3 Å². The Bertz CT molecular complexity index is 1220. The van der Waals surface area contributed by atoms with Gasteiger partial charge in [-0.3, -0.25) is 9.36 Å². The van der Waals surface area contributed by atoms with E-state index in [0.717, 1.165) is 6.21 Å². The van der Waals surface area contributed by atoms with Gasteiger partial charge in [-0.2, -0.15) is 0 Å². The number of anilines is 1. The fourth-order valence-electron chi connectivity index (χ4n) is 3.78. The van der Waals surface area contributed by atoms with Crippen LogP contribution in [0.1, 0.15) is 11.1 Å². The van der Waals surface area contributed by atoms with Crippen LogP contribution in [0.2, 0.25) is 5.02 Å². The number of aromatic nitrogens is 2. The number of hydrogen-bond donors (Lipinski definition) is 4. The molecule has 172 valence electrons. The first kappa shape index (κ1) is 23.1. The number of aliphatic hydroxyl groups is 1. The zero-order chi connectivity index (χ0) is 23.4. The van der Waals surface area contributed by atoms with Gasteiger partial charge in [0.1, 0.15) is 29.4 Å². The molecule has 0 saturated carbocycles. The fraction of sp³-hybridized carbons (Fsp3) is 0.261. The van der Waals surface area contributed by atoms with E-state index in [4.69, 9.17) is 21.7 Å². The molecule has 1 aliphatic heterocycles. The number of aliphatic hydroxyl groups excluding tert-OH is 1. The minimum absolute atomic E-state index is 0.00882. The summed E-state index contributed by atoms with van der Waals surface area (Å²) in [6.45, 7) is 1.18. The van der Waals surface area contributed by atoms with Crippen LogP contribution in [0.25, 0.3) is 5.69 Å². The van der Waals surface area contributed by atoms with Crippen LogP contribution in [0, 0.1) is 17.1 Å². The van der Waals surface area contributed by atoms with Crippen molar-refractivity contribution < 1.29 is 19.6 Å². The minimum Gasteiger partial charge on any atom is -0.396 e. The third-order valence-electron chi connectivity index (χ3n) is 5.67. The van der Waals surface area contributed by atoms with Crippen LogP contribution in [0.3, 0.4) is 0 Å². The molecule has 2 aromatic heterocycles. The number of nitrogens with one attached hydrogen (secondary N) is 2. The maximum Gasteiger partial charge on any atom is 0.270 e. The predicted octanol–water partition coefficient (Wildman–Crippen LogP) is 1.84. The molecule has 1 fully saturated rings. The quantitative estimate of drug-likeness (QED) is 0.373. The molecule has 1 aliphatic rings. The number of rotatable bonds is 8. The zero-order valence-electron chi connectivity index (χ0n) is 17.7. The summed E-state index contributed by atoms with van der Waals surface area (Å²) in [4.78, 5) is 17.4. The highest BCUT2D eigenvalue weighted by Gasteiger charge is 2.28. The van der Waals surface area contributed by atoms with Crippen LogP contribution < -0.4 is 16.2 Å². The number of ether oxygens (including phenoxy) is 1. The molecule has 3 aromatic rings. The molecule has 2 atom stereocenters. The van der Waals surface area contributed by atoms with Gasteiger partial charge in [0.25, 0.3) is 5.56 Å². The number of quaternary nitrogens is 1. The summed E-state index contributed by atoms with van der Waals surface area (Å²) in [5.41, 5.74) is 1.18. The number of halogens is 2. The van der Waals surface area contributed by atoms with Gasteiger partial charge in [-0.15, -0.1) is 0 Å². The first-order chi connectivity index (χ1) is 16.0. The van der Waals surface area contributed by atoms with Gasteiger partial charge in [0.2, 0.25) is 0 Å². The molecule has 1 saturated heterocycles. The lowest BCUT2D eigenvalue weighted by molar-refractivity contribution is -0.589. The Morgan fingerprint density at radius 2 is 2.18 bits per heavy atom. The van der Waals surface area contributed by atoms with Crippen molar-refractivity contribution in [3.63, 3.8) is 0 Å². The molecule has 33 heavy (non-hydrogen) atoms. The van der Waals surface area contributed by atoms with Crippen molar-refractivity contribution >= 4 is 29.3 Å². The van der Waals surface area contributed by atoms with Crippen molar-refractivity contribution in [3.8, 4) is 5.69 Å². The summed E-state index contributed by atoms with van der Waals surface area (Å²) in [6, 6.07) is 9.66. The number of benzene rings is 1. The van der Waals surface area contributed by atoms with Gasteiger partial charge >= 0.3 is 0 Å². The molecule has 0 spiro atoms. The molecule has 10 heteroatoms. The Labute approximate surface area is 194 Å². The number of pyridine rings is 2. The maximum atomic E-state index is 13.9. The van der Waals surface area contributed by atoms with Gasteiger partial charge in [0, 0.05) is 36.0 Å². The van der Waals surface area contributed by atoms with Gasteiger partial charge in [-0.05, 0) is 6.07 Å². The first-order valence-corrected chi connectivity index (χ1v) is 10.8. The second-order valence-electron chi connectivity index (χ2n) is 7.76. The van der Waals surface area contributed by atoms with E-state index < -0.39 is 5.56 Å². The Morgan fingerprint density at radius 3 is 2.94 bits per heavy atom. The van der Waals surface area contributed by atoms with Crippen molar-refractivity contribution in [2.24, 2.45) is 5.92 Å². The molecule has 0 amide bonds. The summed E-state index contributed by atoms with van der Waals surface area (Å²) >= 11 is 6.35. The lowest BCUT2D eigenvalue weighted by atomic mass is 10.1. The molecule has 0 radical (unpaired) electrons. The summed E-state index contributed by atoms with van der Waals surface area (Å²) in [7, 11) is 0. The number of nitrogens with zero attached hydrogens (tertiary/aromatic N) is 2. The molecule has 1 aromatic carbocycles. The zero-order valence-corrected chi connectivity index (χ0v) is 18.4. The molecule has 0 bridgehead atoms. The summed E-state index contributed by atoms with van der Waals surface area (Å²) in [6.07, 6.45) is 4.00. The van der Waals surface area contributed by atoms with Crippen LogP contribution in [-0.2, 0) is 11.3 Å². The van der Waals surface area contributed by atoms with Crippen LogP contribution >= 0.6 is 11.6 Å². The molecule has 8 nitrogen and oxygen atoms in total. The SMILES string of the molecule is N=Cc1c([NH2+]Cc2ccccc2F)ccn(-c2cc(N[C@H]3COCC3CO)ncc2Cl)c1=O. The Balaban J connectivity index is 1.62. The topological polar surface area (TPSA) is 117 Å². The molecule has 0 aliphatic carbocycles. The first-order valence-electron chi connectivity index (χ1n) is 10.5. The molecule has 5 N–H and O–H groups in total. The summed E-state index contributed by atoms with van der Waals surface area (Å²) in [5.74, 6) is 0.113. The van der Waals surface area contributed by atoms with E-state index in [9.17, 15) is 14.3 Å². The summed E-state index contributed by atoms with van der Waals surface area (Å²) < 4.78 is 20.7. The molecular weight excluding hydrogens is 449 g/mol.